The smallest absolute Gasteiger partial charge is 0.177 e. The second kappa shape index (κ2) is 4.99. The zero-order valence-electron chi connectivity index (χ0n) is 7.95. The molecule has 0 aliphatic carbocycles. The number of halogens is 2. The first kappa shape index (κ1) is 11.0. The Morgan fingerprint density at radius 2 is 1.67 bits per heavy atom. The second-order valence-corrected chi connectivity index (χ2v) is 4.04. The molecule has 0 saturated carbocycles. The number of benzene rings is 1. The van der Waals surface area contributed by atoms with Gasteiger partial charge in [-0.1, -0.05) is 29.3 Å². The molecule has 0 amide bonds. The van der Waals surface area contributed by atoms with E-state index in [4.69, 9.17) is 32.7 Å². The molecule has 0 atom stereocenters. The molecule has 1 aliphatic rings. The summed E-state index contributed by atoms with van der Waals surface area (Å²) in [7, 11) is 0. The van der Waals surface area contributed by atoms with Gasteiger partial charge in [-0.05, 0) is 29.8 Å². The molecule has 0 bridgehead atoms. The molecule has 1 aliphatic heterocycles. The molecule has 80 valence electrons. The molecule has 0 unspecified atom stereocenters. The van der Waals surface area contributed by atoms with Gasteiger partial charge in [-0.25, -0.2) is 0 Å². The fourth-order valence-electron chi connectivity index (χ4n) is 1.35. The Morgan fingerprint density at radius 1 is 1.07 bits per heavy atom. The Balaban J connectivity index is 2.09. The van der Waals surface area contributed by atoms with Crippen molar-refractivity contribution in [3.63, 3.8) is 0 Å². The molecular weight excluding hydrogens is 235 g/mol. The van der Waals surface area contributed by atoms with Crippen LogP contribution in [0.2, 0.25) is 10.0 Å². The minimum Gasteiger partial charge on any atom is -0.347 e. The van der Waals surface area contributed by atoms with Crippen LogP contribution in [-0.2, 0) is 9.47 Å². The van der Waals surface area contributed by atoms with Crippen molar-refractivity contribution >= 4 is 29.3 Å². The molecule has 0 aromatic heterocycles. The van der Waals surface area contributed by atoms with E-state index in [0.717, 1.165) is 5.56 Å². The first-order valence-corrected chi connectivity index (χ1v) is 5.37. The summed E-state index contributed by atoms with van der Waals surface area (Å²) in [6.07, 6.45) is 3.48. The highest BCUT2D eigenvalue weighted by Crippen LogP contribution is 2.20. The normalized spacial score (nSPS) is 17.7. The van der Waals surface area contributed by atoms with Gasteiger partial charge < -0.3 is 9.47 Å². The van der Waals surface area contributed by atoms with Crippen LogP contribution in [0.4, 0.5) is 0 Å². The van der Waals surface area contributed by atoms with E-state index in [9.17, 15) is 0 Å². The van der Waals surface area contributed by atoms with Crippen molar-refractivity contribution in [2.45, 2.75) is 6.29 Å². The van der Waals surface area contributed by atoms with Crippen LogP contribution in [0.5, 0.6) is 0 Å². The van der Waals surface area contributed by atoms with Gasteiger partial charge in [0.25, 0.3) is 0 Å². The summed E-state index contributed by atoms with van der Waals surface area (Å²) in [4.78, 5) is 0. The average molecular weight is 245 g/mol. The van der Waals surface area contributed by atoms with Gasteiger partial charge in [0.2, 0.25) is 0 Å². The van der Waals surface area contributed by atoms with Crippen LogP contribution in [0.25, 0.3) is 6.08 Å². The number of hydrogen-bond acceptors (Lipinski definition) is 2. The van der Waals surface area contributed by atoms with Gasteiger partial charge in [0.05, 0.1) is 13.2 Å². The molecular formula is C11H10Cl2O2. The molecule has 1 heterocycles. The van der Waals surface area contributed by atoms with E-state index in [0.29, 0.717) is 23.3 Å². The Morgan fingerprint density at radius 3 is 2.27 bits per heavy atom. The lowest BCUT2D eigenvalue weighted by Gasteiger charge is -2.02. The van der Waals surface area contributed by atoms with E-state index in [1.165, 1.54) is 0 Å². The number of ether oxygens (including phenoxy) is 2. The SMILES string of the molecule is Clc1cc(Cl)cc(C=CC2OCCO2)c1. The number of hydrogen-bond donors (Lipinski definition) is 0. The Labute approximate surface area is 98.4 Å². The van der Waals surface area contributed by atoms with Crippen LogP contribution < -0.4 is 0 Å². The summed E-state index contributed by atoms with van der Waals surface area (Å²) in [5, 5.41) is 1.24. The fraction of sp³-hybridized carbons (Fsp3) is 0.273. The Bertz CT molecular complexity index is 351. The molecule has 2 rings (SSSR count). The zero-order chi connectivity index (χ0) is 10.7. The lowest BCUT2D eigenvalue weighted by atomic mass is 10.2. The molecule has 1 fully saturated rings. The largest absolute Gasteiger partial charge is 0.347 e. The molecule has 1 aromatic carbocycles. The summed E-state index contributed by atoms with van der Waals surface area (Å²) in [6, 6.07) is 5.36. The van der Waals surface area contributed by atoms with Gasteiger partial charge in [0.1, 0.15) is 0 Å². The second-order valence-electron chi connectivity index (χ2n) is 3.17. The van der Waals surface area contributed by atoms with Crippen LogP contribution in [0, 0.1) is 0 Å². The highest BCUT2D eigenvalue weighted by molar-refractivity contribution is 6.34. The average Bonchev–Trinajstić information content (AvgIpc) is 2.65. The van der Waals surface area contributed by atoms with Crippen molar-refractivity contribution in [3.05, 3.63) is 39.9 Å². The lowest BCUT2D eigenvalue weighted by Crippen LogP contribution is -2.01. The highest BCUT2D eigenvalue weighted by atomic mass is 35.5. The topological polar surface area (TPSA) is 18.5 Å². The Kier molecular flexibility index (Phi) is 3.65. The zero-order valence-corrected chi connectivity index (χ0v) is 9.46. The van der Waals surface area contributed by atoms with Gasteiger partial charge in [-0.15, -0.1) is 0 Å². The fourth-order valence-corrected chi connectivity index (χ4v) is 1.89. The Hall–Kier alpha value is -0.540. The van der Waals surface area contributed by atoms with E-state index in [1.54, 1.807) is 6.07 Å². The predicted molar refractivity (Wildman–Crippen MR) is 61.2 cm³/mol. The van der Waals surface area contributed by atoms with Gasteiger partial charge in [-0.3, -0.25) is 0 Å². The molecule has 2 nitrogen and oxygen atoms in total. The van der Waals surface area contributed by atoms with Crippen LogP contribution in [0.1, 0.15) is 5.56 Å². The minimum atomic E-state index is -0.247. The van der Waals surface area contributed by atoms with Crippen LogP contribution >= 0.6 is 23.2 Å². The van der Waals surface area contributed by atoms with Gasteiger partial charge in [0.15, 0.2) is 6.29 Å². The molecule has 1 saturated heterocycles. The van der Waals surface area contributed by atoms with Crippen LogP contribution in [0.3, 0.4) is 0 Å². The summed E-state index contributed by atoms with van der Waals surface area (Å²) in [5.41, 5.74) is 0.937. The minimum absolute atomic E-state index is 0.247. The molecule has 0 radical (unpaired) electrons. The monoisotopic (exact) mass is 244 g/mol. The first-order chi connectivity index (χ1) is 7.24. The maximum Gasteiger partial charge on any atom is 0.177 e. The first-order valence-electron chi connectivity index (χ1n) is 4.61. The third kappa shape index (κ3) is 3.21. The maximum atomic E-state index is 5.86. The molecule has 1 aromatic rings. The molecule has 0 N–H and O–H groups in total. The summed E-state index contributed by atoms with van der Waals surface area (Å²) in [6.45, 7) is 1.29. The lowest BCUT2D eigenvalue weighted by molar-refractivity contribution is -0.000907. The van der Waals surface area contributed by atoms with E-state index in [1.807, 2.05) is 24.3 Å². The van der Waals surface area contributed by atoms with Crippen molar-refractivity contribution in [1.82, 2.24) is 0 Å². The van der Waals surface area contributed by atoms with Gasteiger partial charge in [0, 0.05) is 10.0 Å². The predicted octanol–water partition coefficient (Wildman–Crippen LogP) is 3.38. The highest BCUT2D eigenvalue weighted by Gasteiger charge is 2.11. The van der Waals surface area contributed by atoms with Crippen LogP contribution in [0.15, 0.2) is 24.3 Å². The van der Waals surface area contributed by atoms with E-state index >= 15 is 0 Å². The third-order valence-corrected chi connectivity index (χ3v) is 2.41. The maximum absolute atomic E-state index is 5.86. The molecule has 4 heteroatoms. The van der Waals surface area contributed by atoms with Crippen molar-refractivity contribution in [1.29, 1.82) is 0 Å². The number of rotatable bonds is 2. The van der Waals surface area contributed by atoms with Gasteiger partial charge >= 0.3 is 0 Å². The van der Waals surface area contributed by atoms with Crippen LogP contribution in [-0.4, -0.2) is 19.5 Å². The summed E-state index contributed by atoms with van der Waals surface area (Å²) in [5.74, 6) is 0. The van der Waals surface area contributed by atoms with Crippen molar-refractivity contribution in [3.8, 4) is 0 Å². The van der Waals surface area contributed by atoms with E-state index < -0.39 is 0 Å². The van der Waals surface area contributed by atoms with E-state index in [2.05, 4.69) is 0 Å². The quantitative estimate of drug-likeness (QED) is 0.795. The molecule has 15 heavy (non-hydrogen) atoms. The summed E-state index contributed by atoms with van der Waals surface area (Å²) >= 11 is 11.7. The van der Waals surface area contributed by atoms with E-state index in [-0.39, 0.29) is 6.29 Å². The standard InChI is InChI=1S/C11H10Cl2O2/c12-9-5-8(6-10(13)7-9)1-2-11-14-3-4-15-11/h1-2,5-7,11H,3-4H2. The van der Waals surface area contributed by atoms with Crippen molar-refractivity contribution in [2.24, 2.45) is 0 Å². The van der Waals surface area contributed by atoms with Crippen molar-refractivity contribution < 1.29 is 9.47 Å². The van der Waals surface area contributed by atoms with Gasteiger partial charge in [-0.2, -0.15) is 0 Å². The molecule has 0 spiro atoms. The van der Waals surface area contributed by atoms with Crippen molar-refractivity contribution in [2.75, 3.05) is 13.2 Å². The third-order valence-electron chi connectivity index (χ3n) is 1.98. The summed E-state index contributed by atoms with van der Waals surface area (Å²) < 4.78 is 10.5.